The van der Waals surface area contributed by atoms with E-state index in [1.54, 1.807) is 0 Å². The standard InChI is InChI=1S/C15H19N3.ClH/c1-11-2-4-13-8-12(3-5-15(13)17-11)9-18-7-6-14(16)10-18;/h2-5,8,14H,6-7,9-10,16H2,1H3;1H. The normalized spacial score (nSPS) is 19.6. The molecule has 19 heavy (non-hydrogen) atoms. The average Bonchev–Trinajstić information content (AvgIpc) is 2.75. The first-order valence-electron chi connectivity index (χ1n) is 6.55. The summed E-state index contributed by atoms with van der Waals surface area (Å²) >= 11 is 0. The molecule has 1 unspecified atom stereocenters. The fourth-order valence-electron chi connectivity index (χ4n) is 2.64. The second-order valence-electron chi connectivity index (χ2n) is 5.26. The van der Waals surface area contributed by atoms with Crippen molar-refractivity contribution < 1.29 is 0 Å². The van der Waals surface area contributed by atoms with Gasteiger partial charge in [0.05, 0.1) is 5.52 Å². The maximum atomic E-state index is 5.93. The lowest BCUT2D eigenvalue weighted by molar-refractivity contribution is 0.327. The third kappa shape index (κ3) is 3.24. The Morgan fingerprint density at radius 2 is 2.16 bits per heavy atom. The summed E-state index contributed by atoms with van der Waals surface area (Å²) in [4.78, 5) is 6.95. The smallest absolute Gasteiger partial charge is 0.0705 e. The summed E-state index contributed by atoms with van der Waals surface area (Å²) in [6.45, 7) is 5.16. The molecule has 0 aliphatic carbocycles. The first-order valence-corrected chi connectivity index (χ1v) is 6.55. The predicted molar refractivity (Wildman–Crippen MR) is 81.6 cm³/mol. The number of pyridine rings is 1. The molecular weight excluding hydrogens is 258 g/mol. The summed E-state index contributed by atoms with van der Waals surface area (Å²) in [5, 5.41) is 1.22. The Kier molecular flexibility index (Phi) is 4.40. The Labute approximate surface area is 120 Å². The van der Waals surface area contributed by atoms with Crippen molar-refractivity contribution in [1.29, 1.82) is 0 Å². The van der Waals surface area contributed by atoms with Gasteiger partial charge in [0.15, 0.2) is 0 Å². The third-order valence-corrected chi connectivity index (χ3v) is 3.61. The van der Waals surface area contributed by atoms with E-state index in [4.69, 9.17) is 5.73 Å². The lowest BCUT2D eigenvalue weighted by Gasteiger charge is -2.15. The molecule has 3 nitrogen and oxygen atoms in total. The molecule has 1 saturated heterocycles. The SMILES string of the molecule is Cc1ccc2cc(CN3CCC(N)C3)ccc2n1.Cl. The number of hydrogen-bond acceptors (Lipinski definition) is 3. The molecule has 0 amide bonds. The molecule has 3 rings (SSSR count). The van der Waals surface area contributed by atoms with Crippen molar-refractivity contribution in [1.82, 2.24) is 9.88 Å². The van der Waals surface area contributed by atoms with Crippen LogP contribution < -0.4 is 5.73 Å². The Morgan fingerprint density at radius 1 is 1.32 bits per heavy atom. The number of benzene rings is 1. The van der Waals surface area contributed by atoms with Gasteiger partial charge in [-0.3, -0.25) is 9.88 Å². The molecule has 2 heterocycles. The summed E-state index contributed by atoms with van der Waals surface area (Å²) in [5.74, 6) is 0. The van der Waals surface area contributed by atoms with Gasteiger partial charge in [-0.05, 0) is 37.1 Å². The lowest BCUT2D eigenvalue weighted by atomic mass is 10.1. The van der Waals surface area contributed by atoms with Crippen molar-refractivity contribution in [3.05, 3.63) is 41.6 Å². The van der Waals surface area contributed by atoms with Crippen molar-refractivity contribution in [3.63, 3.8) is 0 Å². The molecule has 1 fully saturated rings. The molecule has 1 aliphatic rings. The van der Waals surface area contributed by atoms with Crippen LogP contribution in [0, 0.1) is 6.92 Å². The van der Waals surface area contributed by atoms with Crippen LogP contribution in [0.3, 0.4) is 0 Å². The van der Waals surface area contributed by atoms with Gasteiger partial charge in [-0.1, -0.05) is 12.1 Å². The second-order valence-corrected chi connectivity index (χ2v) is 5.26. The van der Waals surface area contributed by atoms with E-state index in [1.807, 2.05) is 6.92 Å². The van der Waals surface area contributed by atoms with Crippen LogP contribution in [0.1, 0.15) is 17.7 Å². The zero-order valence-electron chi connectivity index (χ0n) is 11.2. The van der Waals surface area contributed by atoms with Crippen molar-refractivity contribution in [2.45, 2.75) is 25.9 Å². The molecule has 1 aromatic heterocycles. The van der Waals surface area contributed by atoms with Gasteiger partial charge < -0.3 is 5.73 Å². The number of aromatic nitrogens is 1. The largest absolute Gasteiger partial charge is 0.326 e. The van der Waals surface area contributed by atoms with Crippen molar-refractivity contribution in [2.75, 3.05) is 13.1 Å². The summed E-state index contributed by atoms with van der Waals surface area (Å²) in [5.41, 5.74) is 9.43. The van der Waals surface area contributed by atoms with E-state index in [9.17, 15) is 0 Å². The molecule has 4 heteroatoms. The molecule has 1 aromatic carbocycles. The molecule has 2 aromatic rings. The molecule has 0 bridgehead atoms. The van der Waals surface area contributed by atoms with Crippen LogP contribution in [-0.4, -0.2) is 29.0 Å². The van der Waals surface area contributed by atoms with Gasteiger partial charge in [0.1, 0.15) is 0 Å². The summed E-state index contributed by atoms with van der Waals surface area (Å²) < 4.78 is 0. The van der Waals surface area contributed by atoms with E-state index in [0.29, 0.717) is 6.04 Å². The fraction of sp³-hybridized carbons (Fsp3) is 0.400. The number of rotatable bonds is 2. The van der Waals surface area contributed by atoms with Gasteiger partial charge >= 0.3 is 0 Å². The Hall–Kier alpha value is -1.16. The number of fused-ring (bicyclic) bond motifs is 1. The number of aryl methyl sites for hydroxylation is 1. The lowest BCUT2D eigenvalue weighted by Crippen LogP contribution is -2.26. The van der Waals surface area contributed by atoms with Gasteiger partial charge in [0, 0.05) is 36.8 Å². The summed E-state index contributed by atoms with van der Waals surface area (Å²) in [6, 6.07) is 11.1. The third-order valence-electron chi connectivity index (χ3n) is 3.61. The molecular formula is C15H20ClN3. The number of likely N-dealkylation sites (tertiary alicyclic amines) is 1. The number of hydrogen-bond donors (Lipinski definition) is 1. The predicted octanol–water partition coefficient (Wildman–Crippen LogP) is 2.50. The van der Waals surface area contributed by atoms with Crippen LogP contribution in [0.4, 0.5) is 0 Å². The van der Waals surface area contributed by atoms with Gasteiger partial charge in [-0.2, -0.15) is 0 Å². The van der Waals surface area contributed by atoms with Crippen molar-refractivity contribution in [2.24, 2.45) is 5.73 Å². The van der Waals surface area contributed by atoms with Crippen LogP contribution in [-0.2, 0) is 6.54 Å². The number of nitrogens with two attached hydrogens (primary N) is 1. The van der Waals surface area contributed by atoms with Crippen LogP contribution in [0.25, 0.3) is 10.9 Å². The highest BCUT2D eigenvalue weighted by Gasteiger charge is 2.18. The Morgan fingerprint density at radius 3 is 2.89 bits per heavy atom. The monoisotopic (exact) mass is 277 g/mol. The van der Waals surface area contributed by atoms with Gasteiger partial charge in [0.2, 0.25) is 0 Å². The van der Waals surface area contributed by atoms with E-state index in [-0.39, 0.29) is 12.4 Å². The zero-order valence-corrected chi connectivity index (χ0v) is 12.0. The number of nitrogens with zero attached hydrogens (tertiary/aromatic N) is 2. The Bertz CT molecular complexity index is 570. The molecule has 0 saturated carbocycles. The maximum absolute atomic E-state index is 5.93. The highest BCUT2D eigenvalue weighted by Crippen LogP contribution is 2.18. The summed E-state index contributed by atoms with van der Waals surface area (Å²) in [6.07, 6.45) is 1.12. The van der Waals surface area contributed by atoms with E-state index in [2.05, 4.69) is 40.2 Å². The van der Waals surface area contributed by atoms with Gasteiger partial charge in [-0.15, -0.1) is 12.4 Å². The zero-order chi connectivity index (χ0) is 12.5. The van der Waals surface area contributed by atoms with Crippen LogP contribution in [0.15, 0.2) is 30.3 Å². The van der Waals surface area contributed by atoms with E-state index >= 15 is 0 Å². The van der Waals surface area contributed by atoms with E-state index < -0.39 is 0 Å². The van der Waals surface area contributed by atoms with E-state index in [1.165, 1.54) is 10.9 Å². The first kappa shape index (κ1) is 14.3. The first-order chi connectivity index (χ1) is 8.70. The van der Waals surface area contributed by atoms with Crippen LogP contribution >= 0.6 is 12.4 Å². The van der Waals surface area contributed by atoms with Gasteiger partial charge in [-0.25, -0.2) is 0 Å². The van der Waals surface area contributed by atoms with Crippen LogP contribution in [0.5, 0.6) is 0 Å². The molecule has 2 N–H and O–H groups in total. The molecule has 1 aliphatic heterocycles. The highest BCUT2D eigenvalue weighted by molar-refractivity contribution is 5.85. The minimum atomic E-state index is 0. The maximum Gasteiger partial charge on any atom is 0.0705 e. The molecule has 102 valence electrons. The topological polar surface area (TPSA) is 42.1 Å². The average molecular weight is 278 g/mol. The van der Waals surface area contributed by atoms with Gasteiger partial charge in [0.25, 0.3) is 0 Å². The Balaban J connectivity index is 0.00000133. The van der Waals surface area contributed by atoms with Crippen LogP contribution in [0.2, 0.25) is 0 Å². The minimum Gasteiger partial charge on any atom is -0.326 e. The minimum absolute atomic E-state index is 0. The highest BCUT2D eigenvalue weighted by atomic mass is 35.5. The van der Waals surface area contributed by atoms with Crippen molar-refractivity contribution in [3.8, 4) is 0 Å². The number of halogens is 1. The summed E-state index contributed by atoms with van der Waals surface area (Å²) in [7, 11) is 0. The van der Waals surface area contributed by atoms with E-state index in [0.717, 1.165) is 37.3 Å². The molecule has 0 radical (unpaired) electrons. The molecule has 1 atom stereocenters. The van der Waals surface area contributed by atoms with Crippen molar-refractivity contribution >= 4 is 23.3 Å². The molecule has 0 spiro atoms. The fourth-order valence-corrected chi connectivity index (χ4v) is 2.64. The second kappa shape index (κ2) is 5.87. The quantitative estimate of drug-likeness (QED) is 0.917.